The number of fused-ring (bicyclic) bond motifs is 1. The van der Waals surface area contributed by atoms with Crippen molar-refractivity contribution in [3.8, 4) is 0 Å². The van der Waals surface area contributed by atoms with E-state index in [1.807, 2.05) is 35.0 Å². The predicted octanol–water partition coefficient (Wildman–Crippen LogP) is 3.98. The Bertz CT molecular complexity index is 1110. The van der Waals surface area contributed by atoms with E-state index in [0.29, 0.717) is 37.7 Å². The summed E-state index contributed by atoms with van der Waals surface area (Å²) in [6.07, 6.45) is 10.2. The lowest BCUT2D eigenvalue weighted by Crippen LogP contribution is -2.34. The summed E-state index contributed by atoms with van der Waals surface area (Å²) in [4.78, 5) is 33.6. The standard InChI is InChI=1S/C26H32N4O4/c1-20(32)30-13-6-4-2-3-5-12-29(16-22-8-7-21(18-31)15-24(22)30)26(33)25-10-9-23(34-25)17-28-14-11-27-19-28/h7-11,14-15,19,31H,2-6,12-13,16-18H2,1H3. The minimum atomic E-state index is -0.166. The van der Waals surface area contributed by atoms with Crippen LogP contribution >= 0.6 is 0 Å². The summed E-state index contributed by atoms with van der Waals surface area (Å²) in [6, 6.07) is 9.17. The van der Waals surface area contributed by atoms with Gasteiger partial charge in [0, 0.05) is 44.6 Å². The van der Waals surface area contributed by atoms with Crippen LogP contribution in [0.4, 0.5) is 5.69 Å². The van der Waals surface area contributed by atoms with Crippen molar-refractivity contribution in [2.45, 2.75) is 58.7 Å². The van der Waals surface area contributed by atoms with Gasteiger partial charge in [-0.25, -0.2) is 4.98 Å². The van der Waals surface area contributed by atoms with Gasteiger partial charge in [-0.1, -0.05) is 31.4 Å². The number of imidazole rings is 1. The van der Waals surface area contributed by atoms with Crippen LogP contribution in [0, 0.1) is 0 Å². The Morgan fingerprint density at radius 3 is 2.59 bits per heavy atom. The summed E-state index contributed by atoms with van der Waals surface area (Å²) in [5, 5.41) is 9.67. The molecule has 0 unspecified atom stereocenters. The number of hydrogen-bond donors (Lipinski definition) is 1. The van der Waals surface area contributed by atoms with E-state index < -0.39 is 0 Å². The number of amides is 2. The second-order valence-electron chi connectivity index (χ2n) is 8.79. The molecule has 0 bridgehead atoms. The molecule has 0 saturated carbocycles. The first-order chi connectivity index (χ1) is 16.5. The Hall–Kier alpha value is -3.39. The van der Waals surface area contributed by atoms with Crippen LogP contribution in [0.15, 0.2) is 53.5 Å². The second-order valence-corrected chi connectivity index (χ2v) is 8.79. The quantitative estimate of drug-likeness (QED) is 0.631. The highest BCUT2D eigenvalue weighted by Crippen LogP contribution is 2.27. The molecule has 0 atom stereocenters. The zero-order chi connectivity index (χ0) is 23.9. The monoisotopic (exact) mass is 464 g/mol. The Morgan fingerprint density at radius 1 is 1.06 bits per heavy atom. The van der Waals surface area contributed by atoms with Crippen molar-refractivity contribution in [3.63, 3.8) is 0 Å². The minimum Gasteiger partial charge on any atom is -0.454 e. The lowest BCUT2D eigenvalue weighted by molar-refractivity contribution is -0.116. The zero-order valence-corrected chi connectivity index (χ0v) is 19.7. The first-order valence-corrected chi connectivity index (χ1v) is 11.9. The van der Waals surface area contributed by atoms with Gasteiger partial charge >= 0.3 is 0 Å². The van der Waals surface area contributed by atoms with Gasteiger partial charge in [0.05, 0.1) is 19.5 Å². The van der Waals surface area contributed by atoms with Gasteiger partial charge < -0.3 is 23.9 Å². The summed E-state index contributed by atoms with van der Waals surface area (Å²) in [5.74, 6) is 0.785. The van der Waals surface area contributed by atoms with Crippen LogP contribution in [0.1, 0.15) is 66.5 Å². The van der Waals surface area contributed by atoms with Crippen LogP contribution in [-0.2, 0) is 24.5 Å². The molecule has 0 aliphatic carbocycles. The predicted molar refractivity (Wildman–Crippen MR) is 128 cm³/mol. The first-order valence-electron chi connectivity index (χ1n) is 11.9. The topological polar surface area (TPSA) is 91.8 Å². The lowest BCUT2D eigenvalue weighted by atomic mass is 10.0. The van der Waals surface area contributed by atoms with Gasteiger partial charge in [-0.05, 0) is 42.2 Å². The summed E-state index contributed by atoms with van der Waals surface area (Å²) >= 11 is 0. The van der Waals surface area contributed by atoms with Crippen molar-refractivity contribution < 1.29 is 19.1 Å². The molecule has 1 aliphatic rings. The Labute approximate surface area is 199 Å². The third kappa shape index (κ3) is 5.75. The largest absolute Gasteiger partial charge is 0.454 e. The molecule has 34 heavy (non-hydrogen) atoms. The summed E-state index contributed by atoms with van der Waals surface area (Å²) < 4.78 is 7.77. The molecule has 0 fully saturated rings. The third-order valence-corrected chi connectivity index (χ3v) is 6.23. The summed E-state index contributed by atoms with van der Waals surface area (Å²) in [6.45, 7) is 3.57. The number of aliphatic hydroxyl groups excluding tert-OH is 1. The van der Waals surface area contributed by atoms with Crippen LogP contribution < -0.4 is 4.90 Å². The molecule has 1 aliphatic heterocycles. The van der Waals surface area contributed by atoms with Gasteiger partial charge in [0.2, 0.25) is 5.91 Å². The summed E-state index contributed by atoms with van der Waals surface area (Å²) in [5.41, 5.74) is 2.38. The molecule has 0 spiro atoms. The van der Waals surface area contributed by atoms with Crippen LogP contribution in [0.2, 0.25) is 0 Å². The lowest BCUT2D eigenvalue weighted by Gasteiger charge is -2.29. The summed E-state index contributed by atoms with van der Waals surface area (Å²) in [7, 11) is 0. The van der Waals surface area contributed by atoms with Gasteiger partial charge in [0.15, 0.2) is 5.76 Å². The SMILES string of the molecule is CC(=O)N1CCCCCCCN(C(=O)c2ccc(Cn3ccnc3)o2)Cc2ccc(CO)cc21. The molecule has 1 N–H and O–H groups in total. The molecule has 2 amide bonds. The van der Waals surface area contributed by atoms with E-state index in [2.05, 4.69) is 4.98 Å². The molecule has 0 saturated heterocycles. The Kier molecular flexibility index (Phi) is 7.80. The number of carbonyl (C=O) groups is 2. The molecule has 0 radical (unpaired) electrons. The number of hydrogen-bond acceptors (Lipinski definition) is 5. The third-order valence-electron chi connectivity index (χ3n) is 6.23. The highest BCUT2D eigenvalue weighted by Gasteiger charge is 2.23. The number of aliphatic hydroxyl groups is 1. The smallest absolute Gasteiger partial charge is 0.289 e. The van der Waals surface area contributed by atoms with E-state index in [9.17, 15) is 14.7 Å². The molecule has 180 valence electrons. The number of aromatic nitrogens is 2. The first kappa shape index (κ1) is 23.8. The fourth-order valence-corrected chi connectivity index (χ4v) is 4.40. The van der Waals surface area contributed by atoms with E-state index in [1.54, 1.807) is 35.3 Å². The van der Waals surface area contributed by atoms with Crippen LogP contribution in [0.5, 0.6) is 0 Å². The van der Waals surface area contributed by atoms with Gasteiger partial charge in [-0.3, -0.25) is 9.59 Å². The van der Waals surface area contributed by atoms with Crippen molar-refractivity contribution in [2.75, 3.05) is 18.0 Å². The van der Waals surface area contributed by atoms with Crippen molar-refractivity contribution in [1.29, 1.82) is 0 Å². The number of nitrogens with zero attached hydrogens (tertiary/aromatic N) is 4. The van der Waals surface area contributed by atoms with Crippen molar-refractivity contribution in [2.24, 2.45) is 0 Å². The fraction of sp³-hybridized carbons (Fsp3) is 0.423. The Morgan fingerprint density at radius 2 is 1.85 bits per heavy atom. The second kappa shape index (κ2) is 11.2. The molecule has 8 nitrogen and oxygen atoms in total. The normalized spacial score (nSPS) is 15.4. The van der Waals surface area contributed by atoms with E-state index in [1.165, 1.54) is 0 Å². The average Bonchev–Trinajstić information content (AvgIpc) is 3.51. The van der Waals surface area contributed by atoms with E-state index in [0.717, 1.165) is 48.9 Å². The van der Waals surface area contributed by atoms with E-state index in [4.69, 9.17) is 4.42 Å². The molecule has 1 aromatic carbocycles. The Balaban J connectivity index is 1.62. The van der Waals surface area contributed by atoms with E-state index in [-0.39, 0.29) is 18.4 Å². The number of carbonyl (C=O) groups excluding carboxylic acids is 2. The van der Waals surface area contributed by atoms with Crippen LogP contribution in [0.25, 0.3) is 0 Å². The fourth-order valence-electron chi connectivity index (χ4n) is 4.40. The molecule has 8 heteroatoms. The molecular weight excluding hydrogens is 432 g/mol. The van der Waals surface area contributed by atoms with E-state index >= 15 is 0 Å². The molecule has 2 aromatic heterocycles. The maximum atomic E-state index is 13.5. The minimum absolute atomic E-state index is 0.0403. The maximum Gasteiger partial charge on any atom is 0.289 e. The highest BCUT2D eigenvalue weighted by molar-refractivity contribution is 5.93. The number of rotatable bonds is 4. The molecule has 3 aromatic rings. The van der Waals surface area contributed by atoms with Crippen molar-refractivity contribution >= 4 is 17.5 Å². The van der Waals surface area contributed by atoms with Gasteiger partial charge in [0.25, 0.3) is 5.91 Å². The van der Waals surface area contributed by atoms with Gasteiger partial charge in [-0.15, -0.1) is 0 Å². The van der Waals surface area contributed by atoms with Crippen molar-refractivity contribution in [1.82, 2.24) is 14.5 Å². The maximum absolute atomic E-state index is 13.5. The molecule has 3 heterocycles. The van der Waals surface area contributed by atoms with Gasteiger partial charge in [-0.2, -0.15) is 0 Å². The number of anilines is 1. The number of benzene rings is 1. The van der Waals surface area contributed by atoms with Crippen LogP contribution in [-0.4, -0.2) is 44.5 Å². The highest BCUT2D eigenvalue weighted by atomic mass is 16.4. The molecular formula is C26H32N4O4. The zero-order valence-electron chi connectivity index (χ0n) is 19.7. The molecule has 4 rings (SSSR count). The average molecular weight is 465 g/mol. The van der Waals surface area contributed by atoms with Crippen LogP contribution in [0.3, 0.4) is 0 Å². The van der Waals surface area contributed by atoms with Gasteiger partial charge in [0.1, 0.15) is 5.76 Å². The van der Waals surface area contributed by atoms with Crippen molar-refractivity contribution in [3.05, 3.63) is 71.7 Å². The number of furan rings is 1.